The molecule has 12 heteroatoms. The SMILES string of the molecule is CC(C)CC(NC(=O)C(CCCN=C(N)N)NC(=O)C(NC(=O)CN)C(C)C)C(=O)O. The molecule has 3 atom stereocenters. The Labute approximate surface area is 182 Å². The third-order valence-electron chi connectivity index (χ3n) is 4.35. The van der Waals surface area contributed by atoms with Crippen molar-refractivity contribution in [3.8, 4) is 0 Å². The lowest BCUT2D eigenvalue weighted by Crippen LogP contribution is -2.57. The van der Waals surface area contributed by atoms with E-state index >= 15 is 0 Å². The smallest absolute Gasteiger partial charge is 0.326 e. The van der Waals surface area contributed by atoms with Gasteiger partial charge in [-0.15, -0.1) is 0 Å². The van der Waals surface area contributed by atoms with Crippen LogP contribution in [-0.2, 0) is 19.2 Å². The van der Waals surface area contributed by atoms with Crippen LogP contribution in [0.25, 0.3) is 0 Å². The van der Waals surface area contributed by atoms with E-state index in [0.29, 0.717) is 6.42 Å². The fraction of sp³-hybridized carbons (Fsp3) is 0.737. The number of aliphatic carboxylic acids is 1. The van der Waals surface area contributed by atoms with Crippen molar-refractivity contribution in [1.29, 1.82) is 0 Å². The highest BCUT2D eigenvalue weighted by molar-refractivity contribution is 5.93. The number of amides is 3. The Morgan fingerprint density at radius 1 is 0.935 bits per heavy atom. The van der Waals surface area contributed by atoms with Crippen LogP contribution in [-0.4, -0.2) is 66.0 Å². The maximum absolute atomic E-state index is 12.8. The number of hydrogen-bond acceptors (Lipinski definition) is 6. The van der Waals surface area contributed by atoms with E-state index in [1.165, 1.54) is 0 Å². The molecule has 0 saturated heterocycles. The van der Waals surface area contributed by atoms with Crippen LogP contribution in [0.15, 0.2) is 4.99 Å². The summed E-state index contributed by atoms with van der Waals surface area (Å²) in [6, 6.07) is -3.04. The first-order valence-corrected chi connectivity index (χ1v) is 10.3. The summed E-state index contributed by atoms with van der Waals surface area (Å²) in [5, 5.41) is 17.0. The van der Waals surface area contributed by atoms with E-state index in [0.717, 1.165) is 0 Å². The summed E-state index contributed by atoms with van der Waals surface area (Å²) in [6.07, 6.45) is 0.759. The van der Waals surface area contributed by atoms with Gasteiger partial charge in [-0.3, -0.25) is 19.4 Å². The van der Waals surface area contributed by atoms with Gasteiger partial charge in [0.05, 0.1) is 6.54 Å². The number of carboxylic acids is 1. The predicted molar refractivity (Wildman–Crippen MR) is 117 cm³/mol. The molecule has 0 spiro atoms. The molecule has 0 aliphatic heterocycles. The first kappa shape index (κ1) is 28.1. The largest absolute Gasteiger partial charge is 0.480 e. The number of carboxylic acid groups (broad SMARTS) is 1. The fourth-order valence-corrected chi connectivity index (χ4v) is 2.77. The molecule has 3 amide bonds. The van der Waals surface area contributed by atoms with Crippen LogP contribution < -0.4 is 33.2 Å². The zero-order valence-corrected chi connectivity index (χ0v) is 18.7. The topological polar surface area (TPSA) is 215 Å². The van der Waals surface area contributed by atoms with Gasteiger partial charge in [-0.05, 0) is 31.1 Å². The summed E-state index contributed by atoms with van der Waals surface area (Å²) in [7, 11) is 0. The molecule has 0 rings (SSSR count). The van der Waals surface area contributed by atoms with Gasteiger partial charge < -0.3 is 38.3 Å². The lowest BCUT2D eigenvalue weighted by molar-refractivity contribution is -0.142. The van der Waals surface area contributed by atoms with E-state index in [4.69, 9.17) is 17.2 Å². The molecule has 0 fully saturated rings. The zero-order chi connectivity index (χ0) is 24.1. The van der Waals surface area contributed by atoms with Crippen molar-refractivity contribution in [2.75, 3.05) is 13.1 Å². The average Bonchev–Trinajstić information content (AvgIpc) is 2.66. The van der Waals surface area contributed by atoms with Crippen molar-refractivity contribution in [2.24, 2.45) is 34.0 Å². The normalized spacial score (nSPS) is 13.8. The lowest BCUT2D eigenvalue weighted by atomic mass is 10.0. The third kappa shape index (κ3) is 11.8. The molecule has 0 aromatic rings. The van der Waals surface area contributed by atoms with Gasteiger partial charge in [0, 0.05) is 6.54 Å². The van der Waals surface area contributed by atoms with Crippen LogP contribution >= 0.6 is 0 Å². The van der Waals surface area contributed by atoms with Gasteiger partial charge in [0.1, 0.15) is 18.1 Å². The van der Waals surface area contributed by atoms with Gasteiger partial charge in [-0.1, -0.05) is 27.7 Å². The van der Waals surface area contributed by atoms with Crippen molar-refractivity contribution in [1.82, 2.24) is 16.0 Å². The number of carbonyl (C=O) groups is 4. The Kier molecular flexibility index (Phi) is 12.9. The number of rotatable bonds is 14. The highest BCUT2D eigenvalue weighted by Gasteiger charge is 2.30. The number of guanidine groups is 1. The molecule has 0 aliphatic rings. The molecule has 0 aromatic heterocycles. The Bertz CT molecular complexity index is 648. The molecular weight excluding hydrogens is 406 g/mol. The summed E-state index contributed by atoms with van der Waals surface area (Å²) >= 11 is 0. The van der Waals surface area contributed by atoms with E-state index in [1.54, 1.807) is 13.8 Å². The molecule has 3 unspecified atom stereocenters. The Morgan fingerprint density at radius 2 is 1.52 bits per heavy atom. The summed E-state index contributed by atoms with van der Waals surface area (Å²) < 4.78 is 0. The van der Waals surface area contributed by atoms with Crippen LogP contribution in [0.2, 0.25) is 0 Å². The number of nitrogens with two attached hydrogens (primary N) is 3. The highest BCUT2D eigenvalue weighted by atomic mass is 16.4. The molecule has 0 aromatic carbocycles. The van der Waals surface area contributed by atoms with Gasteiger partial charge >= 0.3 is 5.97 Å². The molecule has 0 bridgehead atoms. The van der Waals surface area contributed by atoms with Crippen molar-refractivity contribution in [2.45, 2.75) is 65.1 Å². The molecule has 31 heavy (non-hydrogen) atoms. The minimum absolute atomic E-state index is 0.0353. The zero-order valence-electron chi connectivity index (χ0n) is 18.7. The van der Waals surface area contributed by atoms with E-state index < -0.39 is 41.8 Å². The minimum Gasteiger partial charge on any atom is -0.480 e. The second-order valence-corrected chi connectivity index (χ2v) is 8.03. The second kappa shape index (κ2) is 14.2. The second-order valence-electron chi connectivity index (χ2n) is 8.03. The highest BCUT2D eigenvalue weighted by Crippen LogP contribution is 2.08. The van der Waals surface area contributed by atoms with Crippen molar-refractivity contribution in [3.05, 3.63) is 0 Å². The lowest BCUT2D eigenvalue weighted by Gasteiger charge is -2.26. The molecule has 0 aliphatic carbocycles. The number of aliphatic imine (C=N–C) groups is 1. The predicted octanol–water partition coefficient (Wildman–Crippen LogP) is -1.76. The van der Waals surface area contributed by atoms with Gasteiger partial charge in [0.2, 0.25) is 17.7 Å². The Hall–Kier alpha value is -2.89. The van der Waals surface area contributed by atoms with Crippen LogP contribution in [0, 0.1) is 11.8 Å². The number of nitrogens with one attached hydrogen (secondary N) is 3. The van der Waals surface area contributed by atoms with Gasteiger partial charge in [-0.2, -0.15) is 0 Å². The average molecular weight is 444 g/mol. The maximum Gasteiger partial charge on any atom is 0.326 e. The van der Waals surface area contributed by atoms with Crippen LogP contribution in [0.4, 0.5) is 0 Å². The number of carbonyl (C=O) groups excluding carboxylic acids is 3. The quantitative estimate of drug-likeness (QED) is 0.0924. The molecule has 178 valence electrons. The maximum atomic E-state index is 12.8. The minimum atomic E-state index is -1.16. The van der Waals surface area contributed by atoms with Gasteiger partial charge in [0.25, 0.3) is 0 Å². The summed E-state index contributed by atoms with van der Waals surface area (Å²) in [6.45, 7) is 7.09. The van der Waals surface area contributed by atoms with E-state index in [2.05, 4.69) is 20.9 Å². The van der Waals surface area contributed by atoms with Gasteiger partial charge in [0.15, 0.2) is 5.96 Å². The number of nitrogens with zero attached hydrogens (tertiary/aromatic N) is 1. The molecule has 12 nitrogen and oxygen atoms in total. The van der Waals surface area contributed by atoms with Crippen LogP contribution in [0.5, 0.6) is 0 Å². The molecule has 0 heterocycles. The molecular formula is C19H37N7O5. The third-order valence-corrected chi connectivity index (χ3v) is 4.35. The first-order chi connectivity index (χ1) is 14.4. The van der Waals surface area contributed by atoms with Crippen molar-refractivity contribution < 1.29 is 24.3 Å². The van der Waals surface area contributed by atoms with Crippen LogP contribution in [0.1, 0.15) is 47.0 Å². The Morgan fingerprint density at radius 3 is 1.97 bits per heavy atom. The van der Waals surface area contributed by atoms with Crippen molar-refractivity contribution >= 4 is 29.7 Å². The van der Waals surface area contributed by atoms with E-state index in [9.17, 15) is 24.3 Å². The van der Waals surface area contributed by atoms with Crippen LogP contribution in [0.3, 0.4) is 0 Å². The van der Waals surface area contributed by atoms with Crippen molar-refractivity contribution in [3.63, 3.8) is 0 Å². The Balaban J connectivity index is 5.43. The van der Waals surface area contributed by atoms with E-state index in [1.807, 2.05) is 13.8 Å². The summed E-state index contributed by atoms with van der Waals surface area (Å²) in [5.74, 6) is -3.22. The van der Waals surface area contributed by atoms with Gasteiger partial charge in [-0.25, -0.2) is 4.79 Å². The molecule has 0 saturated carbocycles. The first-order valence-electron chi connectivity index (χ1n) is 10.3. The summed E-state index contributed by atoms with van der Waals surface area (Å²) in [4.78, 5) is 52.5. The molecule has 10 N–H and O–H groups in total. The number of hydrogen-bond donors (Lipinski definition) is 7. The summed E-state index contributed by atoms with van der Waals surface area (Å²) in [5.41, 5.74) is 15.9. The fourth-order valence-electron chi connectivity index (χ4n) is 2.77. The standard InChI is InChI=1S/C19H37N7O5/c1-10(2)8-13(18(30)31)25-16(28)12(6-5-7-23-19(21)22)24-17(29)15(11(3)4)26-14(27)9-20/h10-13,15H,5-9,20H2,1-4H3,(H,24,29)(H,25,28)(H,26,27)(H,30,31)(H4,21,22,23). The van der Waals surface area contributed by atoms with E-state index in [-0.39, 0.29) is 43.7 Å². The monoisotopic (exact) mass is 443 g/mol. The molecule has 0 radical (unpaired) electrons.